The molecule has 0 radical (unpaired) electrons. The Morgan fingerprint density at radius 3 is 2.55 bits per heavy atom. The van der Waals surface area contributed by atoms with Crippen LogP contribution in [0.15, 0.2) is 12.4 Å². The van der Waals surface area contributed by atoms with E-state index in [1.54, 1.807) is 0 Å². The lowest BCUT2D eigenvalue weighted by Gasteiger charge is -2.47. The predicted molar refractivity (Wildman–Crippen MR) is 83.3 cm³/mol. The van der Waals surface area contributed by atoms with Gasteiger partial charge in [-0.05, 0) is 38.1 Å². The molecule has 4 heteroatoms. The third-order valence-corrected chi connectivity index (χ3v) is 5.18. The molecule has 2 rings (SSSR count). The Morgan fingerprint density at radius 2 is 2.10 bits per heavy atom. The van der Waals surface area contributed by atoms with Gasteiger partial charge in [0.05, 0.1) is 6.20 Å². The minimum atomic E-state index is 0.205. The molecule has 0 atom stereocenters. The Kier molecular flexibility index (Phi) is 5.22. The summed E-state index contributed by atoms with van der Waals surface area (Å²) in [5.74, 6) is 0.909. The maximum absolute atomic E-state index is 6.20. The van der Waals surface area contributed by atoms with Crippen LogP contribution in [0.5, 0.6) is 0 Å². The second-order valence-corrected chi connectivity index (χ2v) is 6.32. The first kappa shape index (κ1) is 15.5. The van der Waals surface area contributed by atoms with Gasteiger partial charge in [0.25, 0.3) is 0 Å². The lowest BCUT2D eigenvalue weighted by Crippen LogP contribution is -2.55. The van der Waals surface area contributed by atoms with Gasteiger partial charge in [-0.1, -0.05) is 20.3 Å². The summed E-state index contributed by atoms with van der Waals surface area (Å²) in [5.41, 5.74) is 7.69. The van der Waals surface area contributed by atoms with Crippen molar-refractivity contribution in [1.29, 1.82) is 0 Å². The first-order chi connectivity index (χ1) is 9.63. The molecule has 0 unspecified atom stereocenters. The smallest absolute Gasteiger partial charge is 0.0534 e. The van der Waals surface area contributed by atoms with Gasteiger partial charge < -0.3 is 5.73 Å². The van der Waals surface area contributed by atoms with Crippen LogP contribution in [0, 0.1) is 5.92 Å². The maximum Gasteiger partial charge on any atom is 0.0534 e. The lowest BCUT2D eigenvalue weighted by atomic mass is 9.74. The summed E-state index contributed by atoms with van der Waals surface area (Å²) >= 11 is 0. The lowest BCUT2D eigenvalue weighted by molar-refractivity contribution is 0.0392. The van der Waals surface area contributed by atoms with Crippen LogP contribution in [0.2, 0.25) is 0 Å². The van der Waals surface area contributed by atoms with E-state index in [1.165, 1.54) is 37.7 Å². The standard InChI is InChI=1S/C16H30N4/c1-4-14-6-8-16(13-17,9-7-14)20(5-2)12-15-10-18-19(3)11-15/h10-11,14H,4-9,12-13,17H2,1-3H3. The van der Waals surface area contributed by atoms with Crippen LogP contribution >= 0.6 is 0 Å². The van der Waals surface area contributed by atoms with E-state index in [1.807, 2.05) is 17.9 Å². The molecule has 4 nitrogen and oxygen atoms in total. The van der Waals surface area contributed by atoms with Crippen LogP contribution in [-0.4, -0.2) is 33.3 Å². The molecule has 1 aliphatic carbocycles. The zero-order valence-electron chi connectivity index (χ0n) is 13.3. The topological polar surface area (TPSA) is 47.1 Å². The fourth-order valence-electron chi connectivity index (χ4n) is 3.66. The summed E-state index contributed by atoms with van der Waals surface area (Å²) in [7, 11) is 1.98. The summed E-state index contributed by atoms with van der Waals surface area (Å²) < 4.78 is 1.88. The van der Waals surface area contributed by atoms with Crippen molar-refractivity contribution < 1.29 is 0 Å². The molecule has 114 valence electrons. The fraction of sp³-hybridized carbons (Fsp3) is 0.812. The van der Waals surface area contributed by atoms with Crippen molar-refractivity contribution in [2.24, 2.45) is 18.7 Å². The van der Waals surface area contributed by atoms with Crippen LogP contribution in [-0.2, 0) is 13.6 Å². The van der Waals surface area contributed by atoms with Gasteiger partial charge in [0.1, 0.15) is 0 Å². The van der Waals surface area contributed by atoms with E-state index in [9.17, 15) is 0 Å². The van der Waals surface area contributed by atoms with E-state index in [0.29, 0.717) is 0 Å². The van der Waals surface area contributed by atoms with Gasteiger partial charge in [-0.3, -0.25) is 9.58 Å². The van der Waals surface area contributed by atoms with Crippen LogP contribution in [0.25, 0.3) is 0 Å². The largest absolute Gasteiger partial charge is 0.329 e. The number of hydrogen-bond donors (Lipinski definition) is 1. The molecule has 0 saturated heterocycles. The number of likely N-dealkylation sites (N-methyl/N-ethyl adjacent to an activating group) is 1. The molecule has 0 aromatic carbocycles. The van der Waals surface area contributed by atoms with Crippen molar-refractivity contribution in [2.75, 3.05) is 13.1 Å². The first-order valence-corrected chi connectivity index (χ1v) is 8.06. The average Bonchev–Trinajstić information content (AvgIpc) is 2.90. The zero-order chi connectivity index (χ0) is 14.6. The van der Waals surface area contributed by atoms with Gasteiger partial charge in [0.15, 0.2) is 0 Å². The molecular formula is C16H30N4. The molecule has 2 N–H and O–H groups in total. The van der Waals surface area contributed by atoms with Gasteiger partial charge in [-0.15, -0.1) is 0 Å². The molecule has 0 aliphatic heterocycles. The number of nitrogens with two attached hydrogens (primary N) is 1. The van der Waals surface area contributed by atoms with Crippen LogP contribution in [0.4, 0.5) is 0 Å². The molecule has 20 heavy (non-hydrogen) atoms. The maximum atomic E-state index is 6.20. The molecule has 1 aromatic heterocycles. The van der Waals surface area contributed by atoms with Crippen molar-refractivity contribution in [3.05, 3.63) is 18.0 Å². The summed E-state index contributed by atoms with van der Waals surface area (Å²) in [5, 5.41) is 4.28. The summed E-state index contributed by atoms with van der Waals surface area (Å²) in [4.78, 5) is 2.58. The molecule has 1 saturated carbocycles. The van der Waals surface area contributed by atoms with E-state index in [2.05, 4.69) is 30.0 Å². The van der Waals surface area contributed by atoms with Gasteiger partial charge >= 0.3 is 0 Å². The van der Waals surface area contributed by atoms with Gasteiger partial charge in [-0.2, -0.15) is 5.10 Å². The Balaban J connectivity index is 2.07. The minimum absolute atomic E-state index is 0.205. The molecule has 1 fully saturated rings. The predicted octanol–water partition coefficient (Wildman–Crippen LogP) is 2.54. The van der Waals surface area contributed by atoms with Crippen molar-refractivity contribution in [1.82, 2.24) is 14.7 Å². The molecule has 0 spiro atoms. The van der Waals surface area contributed by atoms with Crippen molar-refractivity contribution in [3.8, 4) is 0 Å². The second-order valence-electron chi connectivity index (χ2n) is 6.32. The van der Waals surface area contributed by atoms with Gasteiger partial charge in [0, 0.05) is 37.4 Å². The van der Waals surface area contributed by atoms with Crippen LogP contribution in [0.1, 0.15) is 51.5 Å². The van der Waals surface area contributed by atoms with Crippen molar-refractivity contribution >= 4 is 0 Å². The summed E-state index contributed by atoms with van der Waals surface area (Å²) in [6.45, 7) is 7.37. The summed E-state index contributed by atoms with van der Waals surface area (Å²) in [6, 6.07) is 0. The Labute approximate surface area is 123 Å². The highest BCUT2D eigenvalue weighted by molar-refractivity contribution is 5.06. The molecule has 1 aromatic rings. The average molecular weight is 278 g/mol. The van der Waals surface area contributed by atoms with E-state index < -0.39 is 0 Å². The van der Waals surface area contributed by atoms with Crippen molar-refractivity contribution in [2.45, 2.75) is 58.0 Å². The highest BCUT2D eigenvalue weighted by Gasteiger charge is 2.38. The van der Waals surface area contributed by atoms with Crippen LogP contribution in [0.3, 0.4) is 0 Å². The molecule has 1 aliphatic rings. The fourth-order valence-corrected chi connectivity index (χ4v) is 3.66. The Bertz CT molecular complexity index is 404. The van der Waals surface area contributed by atoms with Crippen LogP contribution < -0.4 is 5.73 Å². The Morgan fingerprint density at radius 1 is 1.40 bits per heavy atom. The number of hydrogen-bond acceptors (Lipinski definition) is 3. The molecule has 0 bridgehead atoms. The summed E-state index contributed by atoms with van der Waals surface area (Å²) in [6.07, 6.45) is 10.6. The van der Waals surface area contributed by atoms with E-state index in [0.717, 1.165) is 25.6 Å². The normalized spacial score (nSPS) is 27.1. The number of rotatable bonds is 6. The van der Waals surface area contributed by atoms with Gasteiger partial charge in [-0.25, -0.2) is 0 Å². The Hall–Kier alpha value is -0.870. The minimum Gasteiger partial charge on any atom is -0.329 e. The van der Waals surface area contributed by atoms with Gasteiger partial charge in [0.2, 0.25) is 0 Å². The molecule has 0 amide bonds. The molecular weight excluding hydrogens is 248 g/mol. The van der Waals surface area contributed by atoms with E-state index >= 15 is 0 Å². The zero-order valence-corrected chi connectivity index (χ0v) is 13.3. The van der Waals surface area contributed by atoms with Crippen molar-refractivity contribution in [3.63, 3.8) is 0 Å². The SMILES string of the molecule is CCC1CCC(CN)(N(CC)Cc2cnn(C)c2)CC1. The second kappa shape index (κ2) is 6.72. The van der Waals surface area contributed by atoms with E-state index in [4.69, 9.17) is 5.73 Å². The highest BCUT2D eigenvalue weighted by atomic mass is 15.3. The number of nitrogens with zero attached hydrogens (tertiary/aromatic N) is 3. The monoisotopic (exact) mass is 278 g/mol. The highest BCUT2D eigenvalue weighted by Crippen LogP contribution is 2.37. The quantitative estimate of drug-likeness (QED) is 0.870. The third kappa shape index (κ3) is 3.23. The first-order valence-electron chi connectivity index (χ1n) is 8.06. The number of aromatic nitrogens is 2. The molecule has 1 heterocycles. The third-order valence-electron chi connectivity index (χ3n) is 5.18. The number of aryl methyl sites for hydroxylation is 1. The van der Waals surface area contributed by atoms with E-state index in [-0.39, 0.29) is 5.54 Å².